The molecular formula is C18H29N3O5S. The third kappa shape index (κ3) is 8.23. The first-order chi connectivity index (χ1) is 12.5. The van der Waals surface area contributed by atoms with Gasteiger partial charge in [0.2, 0.25) is 0 Å². The van der Waals surface area contributed by atoms with Crippen molar-refractivity contribution in [1.29, 1.82) is 0 Å². The number of ether oxygens (including phenoxy) is 1. The van der Waals surface area contributed by atoms with Gasteiger partial charge in [0.05, 0.1) is 12.4 Å². The smallest absolute Gasteiger partial charge is 0.413 e. The van der Waals surface area contributed by atoms with Crippen LogP contribution in [0.3, 0.4) is 0 Å². The first kappa shape index (κ1) is 21.6. The van der Waals surface area contributed by atoms with Crippen molar-refractivity contribution < 1.29 is 22.1 Å². The van der Waals surface area contributed by atoms with E-state index in [1.165, 1.54) is 0 Å². The van der Waals surface area contributed by atoms with Crippen LogP contribution in [0.15, 0.2) is 18.2 Å². The summed E-state index contributed by atoms with van der Waals surface area (Å²) in [5.41, 5.74) is 0.0428. The molecule has 2 rings (SSSR count). The molecule has 1 unspecified atom stereocenters. The predicted molar refractivity (Wildman–Crippen MR) is 103 cm³/mol. The standard InChI is InChI=1S/C18H29N3O5S/c1-18(2,3)25-17(22)21-16-7-5-6-14(20-16)12-15(26-27(4,23)24)13-8-10-19-11-9-13/h5-7,13,15,19H,8-12H2,1-4H3,(H,20,21,22). The zero-order chi connectivity index (χ0) is 20.1. The molecule has 0 spiro atoms. The highest BCUT2D eigenvalue weighted by Crippen LogP contribution is 2.24. The van der Waals surface area contributed by atoms with Gasteiger partial charge in [-0.25, -0.2) is 9.78 Å². The van der Waals surface area contributed by atoms with Crippen molar-refractivity contribution in [3.63, 3.8) is 0 Å². The second-order valence-corrected chi connectivity index (χ2v) is 9.37. The fourth-order valence-electron chi connectivity index (χ4n) is 3.00. The summed E-state index contributed by atoms with van der Waals surface area (Å²) in [7, 11) is -3.58. The monoisotopic (exact) mass is 399 g/mol. The molecule has 1 aliphatic heterocycles. The van der Waals surface area contributed by atoms with E-state index in [2.05, 4.69) is 15.6 Å². The molecule has 1 aromatic heterocycles. The fraction of sp³-hybridized carbons (Fsp3) is 0.667. The second kappa shape index (κ2) is 8.99. The number of anilines is 1. The van der Waals surface area contributed by atoms with Crippen LogP contribution in [0.1, 0.15) is 39.3 Å². The van der Waals surface area contributed by atoms with Crippen LogP contribution in [0, 0.1) is 5.92 Å². The number of hydrogen-bond donors (Lipinski definition) is 2. The summed E-state index contributed by atoms with van der Waals surface area (Å²) in [5, 5.41) is 5.86. The van der Waals surface area contributed by atoms with E-state index >= 15 is 0 Å². The van der Waals surface area contributed by atoms with E-state index in [0.717, 1.165) is 32.2 Å². The summed E-state index contributed by atoms with van der Waals surface area (Å²) in [6, 6.07) is 5.21. The van der Waals surface area contributed by atoms with Gasteiger partial charge in [0.15, 0.2) is 0 Å². The molecule has 0 bridgehead atoms. The van der Waals surface area contributed by atoms with Crippen molar-refractivity contribution in [3.05, 3.63) is 23.9 Å². The van der Waals surface area contributed by atoms with Crippen LogP contribution in [0.25, 0.3) is 0 Å². The number of amides is 1. The zero-order valence-corrected chi connectivity index (χ0v) is 17.1. The maximum Gasteiger partial charge on any atom is 0.413 e. The SMILES string of the molecule is CC(C)(C)OC(=O)Nc1cccc(CC(OS(C)(=O)=O)C2CCNCC2)n1. The lowest BCUT2D eigenvalue weighted by atomic mass is 9.89. The van der Waals surface area contributed by atoms with Gasteiger partial charge in [-0.1, -0.05) is 6.07 Å². The number of rotatable bonds is 6. The number of piperidine rings is 1. The summed E-state index contributed by atoms with van der Waals surface area (Å²) in [5.74, 6) is 0.482. The maximum absolute atomic E-state index is 11.9. The molecule has 1 amide bonds. The highest BCUT2D eigenvalue weighted by Gasteiger charge is 2.28. The molecule has 1 aliphatic rings. The van der Waals surface area contributed by atoms with Crippen molar-refractivity contribution in [2.75, 3.05) is 24.7 Å². The number of aromatic nitrogens is 1. The van der Waals surface area contributed by atoms with Crippen molar-refractivity contribution in [2.24, 2.45) is 5.92 Å². The van der Waals surface area contributed by atoms with Gasteiger partial charge in [-0.05, 0) is 64.8 Å². The van der Waals surface area contributed by atoms with Gasteiger partial charge in [-0.2, -0.15) is 8.42 Å². The van der Waals surface area contributed by atoms with E-state index in [1.54, 1.807) is 39.0 Å². The minimum absolute atomic E-state index is 0.130. The maximum atomic E-state index is 11.9. The fourth-order valence-corrected chi connectivity index (χ4v) is 3.67. The Balaban J connectivity index is 2.09. The van der Waals surface area contributed by atoms with Gasteiger partial charge in [-0.3, -0.25) is 9.50 Å². The summed E-state index contributed by atoms with van der Waals surface area (Å²) in [4.78, 5) is 16.3. The van der Waals surface area contributed by atoms with Gasteiger partial charge in [0.25, 0.3) is 10.1 Å². The first-order valence-electron chi connectivity index (χ1n) is 9.07. The Hall–Kier alpha value is -1.71. The number of nitrogens with zero attached hydrogens (tertiary/aromatic N) is 1. The van der Waals surface area contributed by atoms with Crippen molar-refractivity contribution >= 4 is 22.0 Å². The highest BCUT2D eigenvalue weighted by atomic mass is 32.2. The Morgan fingerprint density at radius 1 is 1.33 bits per heavy atom. The molecule has 0 saturated carbocycles. The molecule has 0 aliphatic carbocycles. The molecular weight excluding hydrogens is 370 g/mol. The lowest BCUT2D eigenvalue weighted by Gasteiger charge is -2.29. The Kier molecular flexibility index (Phi) is 7.19. The molecule has 1 aromatic rings. The van der Waals surface area contributed by atoms with Gasteiger partial charge >= 0.3 is 6.09 Å². The van der Waals surface area contributed by atoms with Crippen LogP contribution >= 0.6 is 0 Å². The summed E-state index contributed by atoms with van der Waals surface area (Å²) < 4.78 is 34.0. The van der Waals surface area contributed by atoms with Crippen LogP contribution in [0.5, 0.6) is 0 Å². The first-order valence-corrected chi connectivity index (χ1v) is 10.9. The topological polar surface area (TPSA) is 107 Å². The largest absolute Gasteiger partial charge is 0.444 e. The molecule has 2 N–H and O–H groups in total. The van der Waals surface area contributed by atoms with Gasteiger partial charge in [-0.15, -0.1) is 0 Å². The van der Waals surface area contributed by atoms with Gasteiger partial charge < -0.3 is 10.1 Å². The quantitative estimate of drug-likeness (QED) is 0.707. The zero-order valence-electron chi connectivity index (χ0n) is 16.3. The van der Waals surface area contributed by atoms with Crippen molar-refractivity contribution in [1.82, 2.24) is 10.3 Å². The second-order valence-electron chi connectivity index (χ2n) is 7.77. The van der Waals surface area contributed by atoms with E-state index in [9.17, 15) is 13.2 Å². The van der Waals surface area contributed by atoms with Crippen LogP contribution < -0.4 is 10.6 Å². The number of nitrogens with one attached hydrogen (secondary N) is 2. The van der Waals surface area contributed by atoms with E-state index in [0.29, 0.717) is 17.9 Å². The van der Waals surface area contributed by atoms with Crippen LogP contribution in [-0.4, -0.2) is 50.5 Å². The number of pyridine rings is 1. The van der Waals surface area contributed by atoms with Crippen LogP contribution in [-0.2, 0) is 25.5 Å². The molecule has 1 atom stereocenters. The lowest BCUT2D eigenvalue weighted by Crippen LogP contribution is -2.37. The molecule has 9 heteroatoms. The van der Waals surface area contributed by atoms with E-state index in [-0.39, 0.29) is 5.92 Å². The molecule has 0 radical (unpaired) electrons. The molecule has 8 nitrogen and oxygen atoms in total. The molecule has 2 heterocycles. The predicted octanol–water partition coefficient (Wildman–Crippen LogP) is 2.32. The summed E-state index contributed by atoms with van der Waals surface area (Å²) in [6.07, 6.45) is 2.03. The van der Waals surface area contributed by atoms with E-state index in [4.69, 9.17) is 8.92 Å². The van der Waals surface area contributed by atoms with E-state index < -0.39 is 27.9 Å². The Labute approximate surface area is 161 Å². The summed E-state index contributed by atoms with van der Waals surface area (Å²) in [6.45, 7) is 7.01. The highest BCUT2D eigenvalue weighted by molar-refractivity contribution is 7.86. The Morgan fingerprint density at radius 2 is 2.00 bits per heavy atom. The Bertz CT molecular complexity index is 740. The number of hydrogen-bond acceptors (Lipinski definition) is 7. The van der Waals surface area contributed by atoms with E-state index in [1.807, 2.05) is 0 Å². The molecule has 1 fully saturated rings. The van der Waals surface area contributed by atoms with Crippen LogP contribution in [0.4, 0.5) is 10.6 Å². The minimum Gasteiger partial charge on any atom is -0.444 e. The van der Waals surface area contributed by atoms with Gasteiger partial charge in [0.1, 0.15) is 11.4 Å². The van der Waals surface area contributed by atoms with Crippen molar-refractivity contribution in [3.8, 4) is 0 Å². The summed E-state index contributed by atoms with van der Waals surface area (Å²) >= 11 is 0. The van der Waals surface area contributed by atoms with Crippen molar-refractivity contribution in [2.45, 2.75) is 51.7 Å². The average molecular weight is 400 g/mol. The molecule has 0 aromatic carbocycles. The molecule has 1 saturated heterocycles. The normalized spacial score (nSPS) is 17.3. The molecule has 152 valence electrons. The minimum atomic E-state index is -3.58. The third-order valence-electron chi connectivity index (χ3n) is 4.05. The number of carbonyl (C=O) groups excluding carboxylic acids is 1. The lowest BCUT2D eigenvalue weighted by molar-refractivity contribution is 0.0635. The number of carbonyl (C=O) groups is 1. The Morgan fingerprint density at radius 3 is 2.59 bits per heavy atom. The van der Waals surface area contributed by atoms with Gasteiger partial charge in [0, 0.05) is 12.1 Å². The third-order valence-corrected chi connectivity index (χ3v) is 4.65. The average Bonchev–Trinajstić information content (AvgIpc) is 2.52. The molecule has 27 heavy (non-hydrogen) atoms. The van der Waals surface area contributed by atoms with Crippen LogP contribution in [0.2, 0.25) is 0 Å².